The Morgan fingerprint density at radius 2 is 1.68 bits per heavy atom. The lowest BCUT2D eigenvalue weighted by molar-refractivity contribution is -0.186. The Morgan fingerprint density at radius 3 is 2.21 bits per heavy atom. The van der Waals surface area contributed by atoms with Crippen LogP contribution in [0.15, 0.2) is 30.3 Å². The van der Waals surface area contributed by atoms with Crippen LogP contribution in [-0.4, -0.2) is 20.9 Å². The van der Waals surface area contributed by atoms with E-state index in [1.54, 1.807) is 37.3 Å². The summed E-state index contributed by atoms with van der Waals surface area (Å²) in [7, 11) is 0. The Morgan fingerprint density at radius 1 is 1.11 bits per heavy atom. The third-order valence-corrected chi connectivity index (χ3v) is 2.89. The van der Waals surface area contributed by atoms with Crippen molar-refractivity contribution in [3.63, 3.8) is 0 Å². The van der Waals surface area contributed by atoms with Gasteiger partial charge < -0.3 is 5.73 Å². The molecule has 2 N–H and O–H groups in total. The molecule has 2 aromatic rings. The van der Waals surface area contributed by atoms with Crippen LogP contribution in [0.25, 0.3) is 5.69 Å². The largest absolute Gasteiger partial charge is 0.413 e. The summed E-state index contributed by atoms with van der Waals surface area (Å²) in [5.74, 6) is 0.0193. The summed E-state index contributed by atoms with van der Waals surface area (Å²) in [6, 6.07) is 8.56. The van der Waals surface area contributed by atoms with Gasteiger partial charge in [0.25, 0.3) is 0 Å². The molecule has 102 valence electrons. The average molecular weight is 270 g/mol. The second kappa shape index (κ2) is 4.34. The van der Waals surface area contributed by atoms with E-state index in [4.69, 9.17) is 5.73 Å². The third-order valence-electron chi connectivity index (χ3n) is 2.89. The maximum Gasteiger partial charge on any atom is 0.413 e. The van der Waals surface area contributed by atoms with Crippen molar-refractivity contribution in [1.29, 1.82) is 0 Å². The number of halogens is 3. The number of hydrogen-bond acceptors (Lipinski definition) is 3. The van der Waals surface area contributed by atoms with Gasteiger partial charge in [-0.15, -0.1) is 10.2 Å². The lowest BCUT2D eigenvalue weighted by Crippen LogP contribution is -2.49. The molecule has 1 unspecified atom stereocenters. The number of nitrogens with zero attached hydrogens (tertiary/aromatic N) is 3. The molecule has 19 heavy (non-hydrogen) atoms. The third kappa shape index (κ3) is 2.21. The molecule has 0 aliphatic heterocycles. The Hall–Kier alpha value is -1.89. The van der Waals surface area contributed by atoms with Crippen LogP contribution in [0.1, 0.15) is 18.6 Å². The number of nitrogens with two attached hydrogens (primary N) is 1. The summed E-state index contributed by atoms with van der Waals surface area (Å²) in [4.78, 5) is 0. The van der Waals surface area contributed by atoms with Gasteiger partial charge in [0.05, 0.1) is 0 Å². The Kier molecular flexibility index (Phi) is 3.09. The molecule has 0 saturated heterocycles. The van der Waals surface area contributed by atoms with Gasteiger partial charge in [-0.25, -0.2) is 0 Å². The Bertz CT molecular complexity index is 572. The fourth-order valence-electron chi connectivity index (χ4n) is 1.71. The van der Waals surface area contributed by atoms with Crippen LogP contribution in [0.3, 0.4) is 0 Å². The van der Waals surface area contributed by atoms with E-state index in [0.717, 1.165) is 6.92 Å². The van der Waals surface area contributed by atoms with E-state index in [-0.39, 0.29) is 5.82 Å². The van der Waals surface area contributed by atoms with Crippen LogP contribution in [0.2, 0.25) is 0 Å². The minimum Gasteiger partial charge on any atom is -0.311 e. The van der Waals surface area contributed by atoms with Crippen molar-refractivity contribution in [3.05, 3.63) is 42.0 Å². The van der Waals surface area contributed by atoms with E-state index in [1.807, 2.05) is 0 Å². The SMILES string of the molecule is Cc1nnc(C(C)(N)C(F)(F)F)n1-c1ccccc1. The van der Waals surface area contributed by atoms with Gasteiger partial charge in [-0.1, -0.05) is 18.2 Å². The highest BCUT2D eigenvalue weighted by atomic mass is 19.4. The van der Waals surface area contributed by atoms with E-state index in [1.165, 1.54) is 4.57 Å². The monoisotopic (exact) mass is 270 g/mol. The van der Waals surface area contributed by atoms with E-state index in [0.29, 0.717) is 11.5 Å². The number of benzene rings is 1. The highest BCUT2D eigenvalue weighted by Gasteiger charge is 2.53. The molecule has 0 fully saturated rings. The van der Waals surface area contributed by atoms with Crippen LogP contribution >= 0.6 is 0 Å². The molecule has 1 heterocycles. The first-order valence-corrected chi connectivity index (χ1v) is 5.58. The molecule has 1 atom stereocenters. The number of rotatable bonds is 2. The predicted octanol–water partition coefficient (Wildman–Crippen LogP) is 2.31. The number of aryl methyl sites for hydroxylation is 1. The maximum atomic E-state index is 13.0. The summed E-state index contributed by atoms with van der Waals surface area (Å²) in [5, 5.41) is 7.30. The molecular weight excluding hydrogens is 257 g/mol. The number of aromatic nitrogens is 3. The first-order chi connectivity index (χ1) is 8.75. The van der Waals surface area contributed by atoms with E-state index in [2.05, 4.69) is 10.2 Å². The van der Waals surface area contributed by atoms with Crippen LogP contribution in [0.5, 0.6) is 0 Å². The van der Waals surface area contributed by atoms with Gasteiger partial charge in [-0.05, 0) is 26.0 Å². The Balaban J connectivity index is 2.63. The van der Waals surface area contributed by atoms with E-state index in [9.17, 15) is 13.2 Å². The van der Waals surface area contributed by atoms with Crippen molar-refractivity contribution in [3.8, 4) is 5.69 Å². The minimum atomic E-state index is -4.61. The topological polar surface area (TPSA) is 56.7 Å². The van der Waals surface area contributed by atoms with Gasteiger partial charge in [0.15, 0.2) is 11.4 Å². The zero-order chi connectivity index (χ0) is 14.3. The number of alkyl halides is 3. The standard InChI is InChI=1S/C12H13F3N4/c1-8-17-18-10(11(2,16)12(13,14)15)19(8)9-6-4-3-5-7-9/h3-7H,16H2,1-2H3. The number of hydrogen-bond donors (Lipinski definition) is 1. The molecule has 0 spiro atoms. The van der Waals surface area contributed by atoms with Crippen molar-refractivity contribution in [2.75, 3.05) is 0 Å². The molecule has 0 radical (unpaired) electrons. The molecule has 0 aliphatic carbocycles. The lowest BCUT2D eigenvalue weighted by Gasteiger charge is -2.27. The molecule has 1 aromatic heterocycles. The van der Waals surface area contributed by atoms with Gasteiger partial charge in [0, 0.05) is 5.69 Å². The second-order valence-corrected chi connectivity index (χ2v) is 4.44. The molecule has 0 bridgehead atoms. The summed E-state index contributed by atoms with van der Waals surface area (Å²) in [6.45, 7) is 2.46. The molecule has 0 saturated carbocycles. The van der Waals surface area contributed by atoms with Gasteiger partial charge in [-0.2, -0.15) is 13.2 Å². The van der Waals surface area contributed by atoms with Crippen LogP contribution in [0, 0.1) is 6.92 Å². The first-order valence-electron chi connectivity index (χ1n) is 5.58. The molecule has 4 nitrogen and oxygen atoms in total. The molecule has 2 rings (SSSR count). The normalized spacial score (nSPS) is 15.3. The number of para-hydroxylation sites is 1. The maximum absolute atomic E-state index is 13.0. The molecule has 1 aromatic carbocycles. The van der Waals surface area contributed by atoms with Crippen molar-refractivity contribution in [2.45, 2.75) is 25.6 Å². The van der Waals surface area contributed by atoms with Gasteiger partial charge in [0.1, 0.15) is 5.82 Å². The zero-order valence-electron chi connectivity index (χ0n) is 10.4. The van der Waals surface area contributed by atoms with Crippen molar-refractivity contribution in [2.24, 2.45) is 5.73 Å². The molecular formula is C12H13F3N4. The lowest BCUT2D eigenvalue weighted by atomic mass is 10.0. The fraction of sp³-hybridized carbons (Fsp3) is 0.333. The van der Waals surface area contributed by atoms with E-state index < -0.39 is 11.7 Å². The van der Waals surface area contributed by atoms with Crippen molar-refractivity contribution in [1.82, 2.24) is 14.8 Å². The van der Waals surface area contributed by atoms with E-state index >= 15 is 0 Å². The van der Waals surface area contributed by atoms with Crippen molar-refractivity contribution >= 4 is 0 Å². The second-order valence-electron chi connectivity index (χ2n) is 4.44. The van der Waals surface area contributed by atoms with Gasteiger partial charge in [-0.3, -0.25) is 4.57 Å². The summed E-state index contributed by atoms with van der Waals surface area (Å²) in [6.07, 6.45) is -4.61. The molecule has 7 heteroatoms. The zero-order valence-corrected chi connectivity index (χ0v) is 10.4. The first kappa shape index (κ1) is 13.5. The Labute approximate surface area is 108 Å². The predicted molar refractivity (Wildman–Crippen MR) is 63.7 cm³/mol. The highest BCUT2D eigenvalue weighted by Crippen LogP contribution is 2.36. The van der Waals surface area contributed by atoms with Crippen LogP contribution < -0.4 is 5.73 Å². The quantitative estimate of drug-likeness (QED) is 0.911. The smallest absolute Gasteiger partial charge is 0.311 e. The minimum absolute atomic E-state index is 0.330. The van der Waals surface area contributed by atoms with Gasteiger partial charge >= 0.3 is 6.18 Å². The highest BCUT2D eigenvalue weighted by molar-refractivity contribution is 5.35. The summed E-state index contributed by atoms with van der Waals surface area (Å²) in [5.41, 5.74) is 3.40. The molecule has 0 aliphatic rings. The fourth-order valence-corrected chi connectivity index (χ4v) is 1.71. The van der Waals surface area contributed by atoms with Crippen LogP contribution in [-0.2, 0) is 5.54 Å². The van der Waals surface area contributed by atoms with Gasteiger partial charge in [0.2, 0.25) is 0 Å². The molecule has 0 amide bonds. The van der Waals surface area contributed by atoms with Crippen molar-refractivity contribution < 1.29 is 13.2 Å². The summed E-state index contributed by atoms with van der Waals surface area (Å²) >= 11 is 0. The summed E-state index contributed by atoms with van der Waals surface area (Å²) < 4.78 is 40.4. The van der Waals surface area contributed by atoms with Crippen LogP contribution in [0.4, 0.5) is 13.2 Å². The average Bonchev–Trinajstić information content (AvgIpc) is 2.71.